The van der Waals surface area contributed by atoms with E-state index in [4.69, 9.17) is 5.11 Å². The molecule has 1 unspecified atom stereocenters. The smallest absolute Gasteiger partial charge is 0.335 e. The van der Waals surface area contributed by atoms with Gasteiger partial charge in [-0.25, -0.2) is 17.9 Å². The molecule has 0 fully saturated rings. The largest absolute Gasteiger partial charge is 0.478 e. The van der Waals surface area contributed by atoms with Crippen LogP contribution in [0, 0.1) is 0 Å². The molecular formula is C12H17NO5S2. The molecule has 6 nitrogen and oxygen atoms in total. The van der Waals surface area contributed by atoms with Gasteiger partial charge in [0, 0.05) is 12.3 Å². The lowest BCUT2D eigenvalue weighted by molar-refractivity contribution is 0.0696. The van der Waals surface area contributed by atoms with Gasteiger partial charge < -0.3 is 10.2 Å². The average molecular weight is 319 g/mol. The van der Waals surface area contributed by atoms with Crippen LogP contribution in [-0.2, 0) is 10.0 Å². The van der Waals surface area contributed by atoms with Crippen molar-refractivity contribution in [2.75, 3.05) is 18.6 Å². The summed E-state index contributed by atoms with van der Waals surface area (Å²) in [5.74, 6) is -0.724. The minimum absolute atomic E-state index is 0.0123. The van der Waals surface area contributed by atoms with Gasteiger partial charge in [0.1, 0.15) is 0 Å². The number of hydrogen-bond donors (Lipinski definition) is 3. The first-order valence-corrected chi connectivity index (χ1v) is 8.60. The zero-order chi connectivity index (χ0) is 15.4. The number of benzene rings is 1. The molecule has 3 N–H and O–H groups in total. The third-order valence-electron chi connectivity index (χ3n) is 2.51. The first-order chi connectivity index (χ1) is 9.18. The van der Waals surface area contributed by atoms with E-state index in [1.165, 1.54) is 36.0 Å². The number of carboxylic acid groups (broad SMARTS) is 1. The molecule has 0 heterocycles. The van der Waals surface area contributed by atoms with E-state index in [9.17, 15) is 18.3 Å². The van der Waals surface area contributed by atoms with Crippen molar-refractivity contribution in [3.8, 4) is 0 Å². The molecular weight excluding hydrogens is 302 g/mol. The average Bonchev–Trinajstić information content (AvgIpc) is 2.37. The summed E-state index contributed by atoms with van der Waals surface area (Å²) in [7, 11) is -3.77. The van der Waals surface area contributed by atoms with E-state index in [1.54, 1.807) is 6.92 Å². The normalized spacial score (nSPS) is 14.8. The molecule has 0 bridgehead atoms. The van der Waals surface area contributed by atoms with Crippen molar-refractivity contribution in [1.82, 2.24) is 4.72 Å². The Morgan fingerprint density at radius 2 is 1.90 bits per heavy atom. The predicted molar refractivity (Wildman–Crippen MR) is 77.6 cm³/mol. The van der Waals surface area contributed by atoms with Crippen molar-refractivity contribution in [2.45, 2.75) is 17.4 Å². The van der Waals surface area contributed by atoms with E-state index in [-0.39, 0.29) is 17.0 Å². The van der Waals surface area contributed by atoms with Crippen LogP contribution in [0.15, 0.2) is 29.2 Å². The standard InChI is InChI=1S/C12H17NO5S2/c1-12(16,8-19-2)7-13-20(17,18)10-5-3-9(4-6-10)11(14)15/h3-6,13,16H,7-8H2,1-2H3,(H,14,15). The van der Waals surface area contributed by atoms with E-state index < -0.39 is 21.6 Å². The van der Waals surface area contributed by atoms with Crippen LogP contribution in [0.3, 0.4) is 0 Å². The number of aliphatic hydroxyl groups is 1. The highest BCUT2D eigenvalue weighted by molar-refractivity contribution is 7.98. The van der Waals surface area contributed by atoms with Crippen molar-refractivity contribution in [2.24, 2.45) is 0 Å². The van der Waals surface area contributed by atoms with Crippen molar-refractivity contribution >= 4 is 27.8 Å². The summed E-state index contributed by atoms with van der Waals surface area (Å²) in [6, 6.07) is 4.87. The van der Waals surface area contributed by atoms with Crippen molar-refractivity contribution in [3.63, 3.8) is 0 Å². The van der Waals surface area contributed by atoms with Crippen LogP contribution in [0.4, 0.5) is 0 Å². The molecule has 1 aromatic rings. The van der Waals surface area contributed by atoms with Gasteiger partial charge in [-0.15, -0.1) is 0 Å². The summed E-state index contributed by atoms with van der Waals surface area (Å²) in [5, 5.41) is 18.7. The molecule has 0 saturated heterocycles. The molecule has 20 heavy (non-hydrogen) atoms. The summed E-state index contributed by atoms with van der Waals surface area (Å²) in [6.45, 7) is 1.43. The molecule has 0 amide bonds. The van der Waals surface area contributed by atoms with Crippen LogP contribution >= 0.6 is 11.8 Å². The summed E-state index contributed by atoms with van der Waals surface area (Å²) >= 11 is 1.41. The van der Waals surface area contributed by atoms with E-state index in [2.05, 4.69) is 4.72 Å². The molecule has 112 valence electrons. The number of carbonyl (C=O) groups is 1. The summed E-state index contributed by atoms with van der Waals surface area (Å²) in [4.78, 5) is 10.7. The number of aromatic carboxylic acids is 1. The minimum atomic E-state index is -3.77. The lowest BCUT2D eigenvalue weighted by Crippen LogP contribution is -2.42. The van der Waals surface area contributed by atoms with Gasteiger partial charge in [0.05, 0.1) is 16.1 Å². The maximum Gasteiger partial charge on any atom is 0.335 e. The summed E-state index contributed by atoms with van der Waals surface area (Å²) in [6.07, 6.45) is 1.81. The fourth-order valence-electron chi connectivity index (χ4n) is 1.47. The number of thioether (sulfide) groups is 1. The SMILES string of the molecule is CSCC(C)(O)CNS(=O)(=O)c1ccc(C(=O)O)cc1. The molecule has 0 aliphatic rings. The van der Waals surface area contributed by atoms with Crippen LogP contribution in [0.1, 0.15) is 17.3 Å². The number of sulfonamides is 1. The Hall–Kier alpha value is -1.09. The van der Waals surface area contributed by atoms with E-state index in [0.717, 1.165) is 0 Å². The van der Waals surface area contributed by atoms with Crippen molar-refractivity contribution in [3.05, 3.63) is 29.8 Å². The van der Waals surface area contributed by atoms with Crippen LogP contribution in [-0.4, -0.2) is 48.8 Å². The molecule has 0 saturated carbocycles. The Bertz CT molecular complexity index is 566. The highest BCUT2D eigenvalue weighted by Crippen LogP contribution is 2.13. The Balaban J connectivity index is 2.81. The fraction of sp³-hybridized carbons (Fsp3) is 0.417. The molecule has 1 rings (SSSR count). The van der Waals surface area contributed by atoms with Gasteiger partial charge in [-0.05, 0) is 37.4 Å². The lowest BCUT2D eigenvalue weighted by Gasteiger charge is -2.22. The van der Waals surface area contributed by atoms with Crippen molar-refractivity contribution < 1.29 is 23.4 Å². The topological polar surface area (TPSA) is 104 Å². The van der Waals surface area contributed by atoms with Gasteiger partial charge in [0.2, 0.25) is 10.0 Å². The van der Waals surface area contributed by atoms with E-state index >= 15 is 0 Å². The molecule has 0 aromatic heterocycles. The maximum atomic E-state index is 12.0. The first-order valence-electron chi connectivity index (χ1n) is 5.72. The second-order valence-corrected chi connectivity index (χ2v) is 7.22. The van der Waals surface area contributed by atoms with Gasteiger partial charge in [-0.2, -0.15) is 11.8 Å². The van der Waals surface area contributed by atoms with Crippen LogP contribution in [0.25, 0.3) is 0 Å². The number of hydrogen-bond acceptors (Lipinski definition) is 5. The van der Waals surface area contributed by atoms with Gasteiger partial charge in [0.25, 0.3) is 0 Å². The minimum Gasteiger partial charge on any atom is -0.478 e. The Labute approximate surface area is 122 Å². The molecule has 1 aromatic carbocycles. The molecule has 0 radical (unpaired) electrons. The quantitative estimate of drug-likeness (QED) is 0.686. The third kappa shape index (κ3) is 4.78. The highest BCUT2D eigenvalue weighted by Gasteiger charge is 2.23. The van der Waals surface area contributed by atoms with Gasteiger partial charge in [0.15, 0.2) is 0 Å². The molecule has 8 heteroatoms. The third-order valence-corrected chi connectivity index (χ3v) is 4.84. The van der Waals surface area contributed by atoms with Crippen LogP contribution in [0.2, 0.25) is 0 Å². The van der Waals surface area contributed by atoms with Crippen LogP contribution < -0.4 is 4.72 Å². The Morgan fingerprint density at radius 1 is 1.35 bits per heavy atom. The van der Waals surface area contributed by atoms with Gasteiger partial charge in [-0.1, -0.05) is 0 Å². The maximum absolute atomic E-state index is 12.0. The second-order valence-electron chi connectivity index (χ2n) is 4.58. The molecule has 1 atom stereocenters. The fourth-order valence-corrected chi connectivity index (χ4v) is 3.36. The lowest BCUT2D eigenvalue weighted by atomic mass is 10.1. The van der Waals surface area contributed by atoms with Gasteiger partial charge >= 0.3 is 5.97 Å². The van der Waals surface area contributed by atoms with Crippen LogP contribution in [0.5, 0.6) is 0 Å². The summed E-state index contributed by atoms with van der Waals surface area (Å²) in [5.41, 5.74) is -1.13. The first kappa shape index (κ1) is 17.0. The number of nitrogens with one attached hydrogen (secondary N) is 1. The number of rotatable bonds is 7. The Morgan fingerprint density at radius 3 is 2.35 bits per heavy atom. The zero-order valence-corrected chi connectivity index (χ0v) is 12.8. The predicted octanol–water partition coefficient (Wildman–Crippen LogP) is 0.777. The van der Waals surface area contributed by atoms with E-state index in [0.29, 0.717) is 5.75 Å². The Kier molecular flexibility index (Phi) is 5.58. The second kappa shape index (κ2) is 6.57. The van der Waals surface area contributed by atoms with Gasteiger partial charge in [-0.3, -0.25) is 0 Å². The molecule has 0 aliphatic heterocycles. The van der Waals surface area contributed by atoms with Crippen molar-refractivity contribution in [1.29, 1.82) is 0 Å². The highest BCUT2D eigenvalue weighted by atomic mass is 32.2. The van der Waals surface area contributed by atoms with E-state index in [1.807, 2.05) is 6.26 Å². The molecule has 0 spiro atoms. The molecule has 0 aliphatic carbocycles. The monoisotopic (exact) mass is 319 g/mol. The summed E-state index contributed by atoms with van der Waals surface area (Å²) < 4.78 is 26.3. The zero-order valence-electron chi connectivity index (χ0n) is 11.2. The number of carboxylic acids is 1.